The van der Waals surface area contributed by atoms with Gasteiger partial charge in [0.1, 0.15) is 11.4 Å². The molecule has 10 heteroatoms. The summed E-state index contributed by atoms with van der Waals surface area (Å²) in [5.41, 5.74) is 0.444. The number of pyridine rings is 1. The highest BCUT2D eigenvalue weighted by Crippen LogP contribution is 2.28. The van der Waals surface area contributed by atoms with Crippen LogP contribution in [0.3, 0.4) is 0 Å². The SMILES string of the molecule is CC(=O)c1ccc(S(=O)(=O)Nc2cnc(N3CCCC(CN4CCCC4)C3)c(C(=O)O)c2)cc1. The van der Waals surface area contributed by atoms with E-state index in [1.165, 1.54) is 56.3 Å². The summed E-state index contributed by atoms with van der Waals surface area (Å²) in [5, 5.41) is 9.83. The number of ketones is 1. The van der Waals surface area contributed by atoms with E-state index in [0.29, 0.717) is 17.3 Å². The number of sulfonamides is 1. The number of nitrogens with one attached hydrogen (secondary N) is 1. The van der Waals surface area contributed by atoms with E-state index in [1.54, 1.807) is 0 Å². The van der Waals surface area contributed by atoms with E-state index in [4.69, 9.17) is 0 Å². The Morgan fingerprint density at radius 2 is 1.82 bits per heavy atom. The van der Waals surface area contributed by atoms with E-state index in [1.807, 2.05) is 4.90 Å². The summed E-state index contributed by atoms with van der Waals surface area (Å²) in [4.78, 5) is 32.3. The minimum Gasteiger partial charge on any atom is -0.478 e. The van der Waals surface area contributed by atoms with Crippen LogP contribution < -0.4 is 9.62 Å². The number of Topliss-reactive ketones (excluding diaryl/α,β-unsaturated/α-hetero) is 1. The highest BCUT2D eigenvalue weighted by Gasteiger charge is 2.27. The molecule has 1 unspecified atom stereocenters. The number of nitrogens with zero attached hydrogens (tertiary/aromatic N) is 3. The highest BCUT2D eigenvalue weighted by molar-refractivity contribution is 7.92. The van der Waals surface area contributed by atoms with Crippen molar-refractivity contribution in [2.24, 2.45) is 5.92 Å². The van der Waals surface area contributed by atoms with Crippen LogP contribution in [-0.2, 0) is 10.0 Å². The van der Waals surface area contributed by atoms with Crippen LogP contribution in [0.5, 0.6) is 0 Å². The van der Waals surface area contributed by atoms with E-state index in [-0.39, 0.29) is 21.9 Å². The Labute approximate surface area is 199 Å². The van der Waals surface area contributed by atoms with Gasteiger partial charge in [-0.1, -0.05) is 12.1 Å². The summed E-state index contributed by atoms with van der Waals surface area (Å²) in [6.45, 7) is 6.12. The van der Waals surface area contributed by atoms with Gasteiger partial charge in [0.05, 0.1) is 16.8 Å². The van der Waals surface area contributed by atoms with Crippen LogP contribution in [0, 0.1) is 5.92 Å². The van der Waals surface area contributed by atoms with Crippen molar-refractivity contribution in [3.8, 4) is 0 Å². The smallest absolute Gasteiger partial charge is 0.339 e. The average molecular weight is 487 g/mol. The van der Waals surface area contributed by atoms with E-state index >= 15 is 0 Å². The average Bonchev–Trinajstić information content (AvgIpc) is 3.32. The Bertz CT molecular complexity index is 1160. The van der Waals surface area contributed by atoms with Crippen LogP contribution in [-0.4, -0.2) is 67.9 Å². The molecule has 0 amide bonds. The number of carbonyl (C=O) groups is 2. The summed E-state index contributed by atoms with van der Waals surface area (Å²) in [5.74, 6) is -0.502. The van der Waals surface area contributed by atoms with E-state index in [2.05, 4.69) is 14.6 Å². The molecule has 9 nitrogen and oxygen atoms in total. The molecule has 2 aliphatic rings. The second-order valence-corrected chi connectivity index (χ2v) is 10.7. The van der Waals surface area contributed by atoms with Gasteiger partial charge in [-0.2, -0.15) is 0 Å². The number of carbonyl (C=O) groups excluding carboxylic acids is 1. The monoisotopic (exact) mass is 486 g/mol. The molecule has 2 saturated heterocycles. The molecule has 1 aromatic heterocycles. The zero-order valence-electron chi connectivity index (χ0n) is 19.2. The molecule has 1 atom stereocenters. The van der Waals surface area contributed by atoms with E-state index in [9.17, 15) is 23.1 Å². The second-order valence-electron chi connectivity index (χ2n) is 9.05. The molecular weight excluding hydrogens is 456 g/mol. The van der Waals surface area contributed by atoms with Crippen LogP contribution in [0.25, 0.3) is 0 Å². The first-order chi connectivity index (χ1) is 16.2. The molecule has 182 valence electrons. The third-order valence-electron chi connectivity index (χ3n) is 6.45. The Hall–Kier alpha value is -2.98. The number of likely N-dealkylation sites (tertiary alicyclic amines) is 1. The van der Waals surface area contributed by atoms with Gasteiger partial charge in [0.15, 0.2) is 5.78 Å². The van der Waals surface area contributed by atoms with Gasteiger partial charge in [-0.15, -0.1) is 0 Å². The Balaban J connectivity index is 1.52. The number of hydrogen-bond acceptors (Lipinski definition) is 7. The second kappa shape index (κ2) is 10.1. The Kier molecular flexibility index (Phi) is 7.18. The molecule has 0 aliphatic carbocycles. The number of hydrogen-bond donors (Lipinski definition) is 2. The van der Waals surface area contributed by atoms with Crippen molar-refractivity contribution >= 4 is 33.3 Å². The van der Waals surface area contributed by atoms with Crippen LogP contribution in [0.2, 0.25) is 0 Å². The fraction of sp³-hybridized carbons (Fsp3) is 0.458. The number of aromatic nitrogens is 1. The first-order valence-electron chi connectivity index (χ1n) is 11.6. The molecule has 3 heterocycles. The fourth-order valence-electron chi connectivity index (χ4n) is 4.74. The van der Waals surface area contributed by atoms with Gasteiger partial charge in [-0.05, 0) is 69.8 Å². The van der Waals surface area contributed by atoms with Gasteiger partial charge < -0.3 is 14.9 Å². The van der Waals surface area contributed by atoms with Crippen molar-refractivity contribution in [1.29, 1.82) is 0 Å². The third-order valence-corrected chi connectivity index (χ3v) is 7.85. The molecular formula is C24H30N4O5S. The van der Waals surface area contributed by atoms with Crippen LogP contribution in [0.15, 0.2) is 41.4 Å². The summed E-state index contributed by atoms with van der Waals surface area (Å²) < 4.78 is 27.9. The van der Waals surface area contributed by atoms with Crippen molar-refractivity contribution in [3.63, 3.8) is 0 Å². The number of aromatic carboxylic acids is 1. The molecule has 2 fully saturated rings. The van der Waals surface area contributed by atoms with Crippen LogP contribution >= 0.6 is 0 Å². The zero-order valence-corrected chi connectivity index (χ0v) is 20.1. The van der Waals surface area contributed by atoms with Gasteiger partial charge in [0.25, 0.3) is 10.0 Å². The molecule has 0 bridgehead atoms. The van der Waals surface area contributed by atoms with E-state index < -0.39 is 16.0 Å². The lowest BCUT2D eigenvalue weighted by molar-refractivity contribution is 0.0696. The maximum absolute atomic E-state index is 12.8. The summed E-state index contributed by atoms with van der Waals surface area (Å²) in [7, 11) is -3.97. The number of rotatable bonds is 8. The van der Waals surface area contributed by atoms with Crippen LogP contribution in [0.4, 0.5) is 11.5 Å². The van der Waals surface area contributed by atoms with Crippen LogP contribution in [0.1, 0.15) is 53.3 Å². The molecule has 0 spiro atoms. The van der Waals surface area contributed by atoms with Gasteiger partial charge in [0.2, 0.25) is 0 Å². The normalized spacial score (nSPS) is 19.2. The Morgan fingerprint density at radius 1 is 1.12 bits per heavy atom. The molecule has 4 rings (SSSR count). The lowest BCUT2D eigenvalue weighted by Gasteiger charge is -2.36. The third kappa shape index (κ3) is 5.56. The molecule has 34 heavy (non-hydrogen) atoms. The fourth-order valence-corrected chi connectivity index (χ4v) is 5.78. The number of benzene rings is 1. The minimum atomic E-state index is -3.97. The largest absolute Gasteiger partial charge is 0.478 e. The van der Waals surface area contributed by atoms with Gasteiger partial charge in [-0.25, -0.2) is 18.2 Å². The lowest BCUT2D eigenvalue weighted by atomic mass is 9.97. The first-order valence-corrected chi connectivity index (χ1v) is 13.1. The maximum atomic E-state index is 12.8. The predicted molar refractivity (Wildman–Crippen MR) is 129 cm³/mol. The van der Waals surface area contributed by atoms with Crippen molar-refractivity contribution in [2.45, 2.75) is 37.5 Å². The van der Waals surface area contributed by atoms with Crippen molar-refractivity contribution in [1.82, 2.24) is 9.88 Å². The summed E-state index contributed by atoms with van der Waals surface area (Å²) in [6, 6.07) is 6.88. The molecule has 2 aromatic rings. The minimum absolute atomic E-state index is 0.0285. The van der Waals surface area contributed by atoms with Gasteiger partial charge in [-0.3, -0.25) is 9.52 Å². The topological polar surface area (TPSA) is 120 Å². The first kappa shape index (κ1) is 24.2. The lowest BCUT2D eigenvalue weighted by Crippen LogP contribution is -2.41. The molecule has 1 aromatic carbocycles. The number of anilines is 2. The van der Waals surface area contributed by atoms with Crippen molar-refractivity contribution in [2.75, 3.05) is 42.3 Å². The van der Waals surface area contributed by atoms with E-state index in [0.717, 1.165) is 45.6 Å². The Morgan fingerprint density at radius 3 is 2.47 bits per heavy atom. The summed E-state index contributed by atoms with van der Waals surface area (Å²) in [6.07, 6.45) is 5.89. The highest BCUT2D eigenvalue weighted by atomic mass is 32.2. The molecule has 2 aliphatic heterocycles. The molecule has 0 saturated carbocycles. The van der Waals surface area contributed by atoms with Gasteiger partial charge >= 0.3 is 5.97 Å². The van der Waals surface area contributed by atoms with Crippen molar-refractivity contribution < 1.29 is 23.1 Å². The maximum Gasteiger partial charge on any atom is 0.339 e. The quantitative estimate of drug-likeness (QED) is 0.546. The molecule has 0 radical (unpaired) electrons. The van der Waals surface area contributed by atoms with Crippen molar-refractivity contribution in [3.05, 3.63) is 47.7 Å². The number of carboxylic acid groups (broad SMARTS) is 1. The number of piperidine rings is 1. The standard InChI is InChI=1S/C24H30N4O5S/c1-17(29)19-6-8-21(9-7-19)34(32,33)26-20-13-22(24(30)31)23(25-14-20)28-12-4-5-18(16-28)15-27-10-2-3-11-27/h6-9,13-14,18,26H,2-5,10-12,15-16H2,1H3,(H,30,31). The summed E-state index contributed by atoms with van der Waals surface area (Å²) >= 11 is 0. The number of carboxylic acids is 1. The zero-order chi connectivity index (χ0) is 24.3. The van der Waals surface area contributed by atoms with Gasteiger partial charge in [0, 0.05) is 25.2 Å². The molecule has 2 N–H and O–H groups in total. The predicted octanol–water partition coefficient (Wildman–Crippen LogP) is 3.10.